The minimum absolute atomic E-state index is 0.168. The molecule has 0 aliphatic heterocycles. The number of anilines is 1. The van der Waals surface area contributed by atoms with Gasteiger partial charge in [-0.2, -0.15) is 0 Å². The maximum atomic E-state index is 12.8. The fourth-order valence-electron chi connectivity index (χ4n) is 3.28. The van der Waals surface area contributed by atoms with Crippen molar-refractivity contribution in [2.24, 2.45) is 0 Å². The summed E-state index contributed by atoms with van der Waals surface area (Å²) in [6.07, 6.45) is 1.57. The molecule has 3 aromatic rings. The second-order valence-corrected chi connectivity index (χ2v) is 6.82. The molecule has 8 heteroatoms. The van der Waals surface area contributed by atoms with Gasteiger partial charge >= 0.3 is 11.9 Å². The molecule has 0 radical (unpaired) electrons. The highest BCUT2D eigenvalue weighted by atomic mass is 16.5. The molecule has 0 fully saturated rings. The third-order valence-electron chi connectivity index (χ3n) is 4.65. The lowest BCUT2D eigenvalue weighted by Gasteiger charge is -2.11. The van der Waals surface area contributed by atoms with Gasteiger partial charge in [0.15, 0.2) is 6.61 Å². The SMILES string of the molecule is CCOC(=O)c1c(C)[nH]c(C)c1C(=O)COC(=O)c1ccccc1NCc1ccco1. The van der Waals surface area contributed by atoms with Crippen LogP contribution in [0.5, 0.6) is 0 Å². The van der Waals surface area contributed by atoms with Crippen molar-refractivity contribution in [1.29, 1.82) is 0 Å². The normalized spacial score (nSPS) is 10.5. The van der Waals surface area contributed by atoms with E-state index in [0.29, 0.717) is 29.4 Å². The average Bonchev–Trinajstić information content (AvgIpc) is 3.37. The number of Topliss-reactive ketones (excluding diaryl/α,β-unsaturated/α-hetero) is 1. The number of benzene rings is 1. The van der Waals surface area contributed by atoms with Crippen molar-refractivity contribution in [2.75, 3.05) is 18.5 Å². The van der Waals surface area contributed by atoms with E-state index >= 15 is 0 Å². The van der Waals surface area contributed by atoms with Gasteiger partial charge in [-0.3, -0.25) is 4.79 Å². The highest BCUT2D eigenvalue weighted by Gasteiger charge is 2.26. The van der Waals surface area contributed by atoms with Gasteiger partial charge in [0.2, 0.25) is 5.78 Å². The van der Waals surface area contributed by atoms with E-state index in [0.717, 1.165) is 0 Å². The van der Waals surface area contributed by atoms with E-state index < -0.39 is 24.3 Å². The molecule has 2 N–H and O–H groups in total. The smallest absolute Gasteiger partial charge is 0.340 e. The molecule has 0 unspecified atom stereocenters. The number of hydrogen-bond donors (Lipinski definition) is 2. The number of esters is 2. The molecule has 2 heterocycles. The molecular weight excluding hydrogens is 400 g/mol. The average molecular weight is 424 g/mol. The van der Waals surface area contributed by atoms with E-state index in [2.05, 4.69) is 10.3 Å². The van der Waals surface area contributed by atoms with Crippen LogP contribution in [0.2, 0.25) is 0 Å². The summed E-state index contributed by atoms with van der Waals surface area (Å²) in [6.45, 7) is 5.12. The van der Waals surface area contributed by atoms with Crippen molar-refractivity contribution in [3.05, 3.63) is 76.5 Å². The van der Waals surface area contributed by atoms with Crippen LogP contribution < -0.4 is 5.32 Å². The largest absolute Gasteiger partial charge is 0.467 e. The second kappa shape index (κ2) is 9.80. The Bertz CT molecular complexity index is 1080. The molecular formula is C23H24N2O6. The van der Waals surface area contributed by atoms with Gasteiger partial charge in [0.05, 0.1) is 36.1 Å². The standard InChI is InChI=1S/C23H24N2O6/c1-4-29-23(28)21-15(3)25-14(2)20(21)19(26)13-31-22(27)17-9-5-6-10-18(17)24-12-16-8-7-11-30-16/h5-11,24-25H,4,12-13H2,1-3H3. The van der Waals surface area contributed by atoms with E-state index in [9.17, 15) is 14.4 Å². The fraction of sp³-hybridized carbons (Fsp3) is 0.261. The molecule has 0 amide bonds. The Morgan fingerprint density at radius 3 is 2.42 bits per heavy atom. The number of aromatic nitrogens is 1. The Morgan fingerprint density at radius 2 is 1.71 bits per heavy atom. The first kappa shape index (κ1) is 21.9. The molecule has 0 atom stereocenters. The van der Waals surface area contributed by atoms with E-state index in [1.807, 2.05) is 6.07 Å². The van der Waals surface area contributed by atoms with Gasteiger partial charge in [-0.1, -0.05) is 12.1 Å². The van der Waals surface area contributed by atoms with Crippen molar-refractivity contribution in [1.82, 2.24) is 4.98 Å². The summed E-state index contributed by atoms with van der Waals surface area (Å²) in [7, 11) is 0. The van der Waals surface area contributed by atoms with E-state index in [-0.39, 0.29) is 23.3 Å². The zero-order chi connectivity index (χ0) is 22.4. The summed E-state index contributed by atoms with van der Waals surface area (Å²) in [5, 5.41) is 3.12. The third kappa shape index (κ3) is 5.03. The van der Waals surface area contributed by atoms with E-state index in [1.54, 1.807) is 57.4 Å². The fourth-order valence-corrected chi connectivity index (χ4v) is 3.28. The third-order valence-corrected chi connectivity index (χ3v) is 4.65. The van der Waals surface area contributed by atoms with Crippen LogP contribution in [0.3, 0.4) is 0 Å². The topological polar surface area (TPSA) is 111 Å². The maximum Gasteiger partial charge on any atom is 0.340 e. The second-order valence-electron chi connectivity index (χ2n) is 6.82. The molecule has 31 heavy (non-hydrogen) atoms. The molecule has 0 saturated heterocycles. The number of para-hydroxylation sites is 1. The van der Waals surface area contributed by atoms with Crippen LogP contribution in [0.4, 0.5) is 5.69 Å². The number of aromatic amines is 1. The van der Waals surface area contributed by atoms with Crippen molar-refractivity contribution < 1.29 is 28.3 Å². The van der Waals surface area contributed by atoms with Gasteiger partial charge in [0, 0.05) is 17.1 Å². The zero-order valence-corrected chi connectivity index (χ0v) is 17.6. The van der Waals surface area contributed by atoms with Crippen LogP contribution >= 0.6 is 0 Å². The molecule has 8 nitrogen and oxygen atoms in total. The Morgan fingerprint density at radius 1 is 0.968 bits per heavy atom. The highest BCUT2D eigenvalue weighted by Crippen LogP contribution is 2.21. The van der Waals surface area contributed by atoms with Crippen molar-refractivity contribution in [3.63, 3.8) is 0 Å². The van der Waals surface area contributed by atoms with Crippen molar-refractivity contribution in [3.8, 4) is 0 Å². The summed E-state index contributed by atoms with van der Waals surface area (Å²) < 4.78 is 15.6. The molecule has 0 saturated carbocycles. The molecule has 0 bridgehead atoms. The van der Waals surface area contributed by atoms with Crippen molar-refractivity contribution >= 4 is 23.4 Å². The van der Waals surface area contributed by atoms with Gasteiger partial charge in [-0.05, 0) is 45.0 Å². The summed E-state index contributed by atoms with van der Waals surface area (Å²) in [5.41, 5.74) is 2.22. The molecule has 1 aromatic carbocycles. The molecule has 3 rings (SSSR count). The number of carbonyl (C=O) groups is 3. The number of aryl methyl sites for hydroxylation is 2. The monoisotopic (exact) mass is 424 g/mol. The van der Waals surface area contributed by atoms with Gasteiger partial charge < -0.3 is 24.2 Å². The first-order valence-electron chi connectivity index (χ1n) is 9.84. The quantitative estimate of drug-likeness (QED) is 0.394. The summed E-state index contributed by atoms with van der Waals surface area (Å²) in [5.74, 6) is -1.02. The Balaban J connectivity index is 1.71. The minimum Gasteiger partial charge on any atom is -0.467 e. The first-order chi connectivity index (χ1) is 14.9. The Labute approximate surface area is 179 Å². The van der Waals surface area contributed by atoms with Crippen LogP contribution in [0.15, 0.2) is 47.1 Å². The summed E-state index contributed by atoms with van der Waals surface area (Å²) in [6, 6.07) is 10.4. The number of H-pyrrole nitrogens is 1. The first-order valence-corrected chi connectivity index (χ1v) is 9.84. The lowest BCUT2D eigenvalue weighted by molar-refractivity contribution is 0.0473. The van der Waals surface area contributed by atoms with Gasteiger partial charge in [0.25, 0.3) is 0 Å². The van der Waals surface area contributed by atoms with Crippen LogP contribution in [0.25, 0.3) is 0 Å². The number of rotatable bonds is 9. The predicted octanol–water partition coefficient (Wildman–Crippen LogP) is 4.05. The molecule has 0 aliphatic rings. The van der Waals surface area contributed by atoms with Crippen LogP contribution in [0.1, 0.15) is 55.1 Å². The van der Waals surface area contributed by atoms with Gasteiger partial charge in [0.1, 0.15) is 5.76 Å². The Hall–Kier alpha value is -3.81. The molecule has 0 spiro atoms. The number of hydrogen-bond acceptors (Lipinski definition) is 7. The predicted molar refractivity (Wildman–Crippen MR) is 113 cm³/mol. The van der Waals surface area contributed by atoms with Crippen LogP contribution in [-0.2, 0) is 16.0 Å². The summed E-state index contributed by atoms with van der Waals surface area (Å²) in [4.78, 5) is 40.6. The number of ether oxygens (including phenoxy) is 2. The molecule has 0 aliphatic carbocycles. The number of nitrogens with one attached hydrogen (secondary N) is 2. The minimum atomic E-state index is -0.654. The Kier molecular flexibility index (Phi) is 6.92. The lowest BCUT2D eigenvalue weighted by atomic mass is 10.1. The highest BCUT2D eigenvalue weighted by molar-refractivity contribution is 6.09. The van der Waals surface area contributed by atoms with E-state index in [1.165, 1.54) is 0 Å². The van der Waals surface area contributed by atoms with Gasteiger partial charge in [-0.15, -0.1) is 0 Å². The molecule has 162 valence electrons. The molecule has 2 aromatic heterocycles. The van der Waals surface area contributed by atoms with Crippen molar-refractivity contribution in [2.45, 2.75) is 27.3 Å². The number of furan rings is 1. The zero-order valence-electron chi connectivity index (χ0n) is 17.6. The lowest BCUT2D eigenvalue weighted by Crippen LogP contribution is -2.19. The van der Waals surface area contributed by atoms with E-state index in [4.69, 9.17) is 13.9 Å². The number of carbonyl (C=O) groups excluding carboxylic acids is 3. The maximum absolute atomic E-state index is 12.8. The summed E-state index contributed by atoms with van der Waals surface area (Å²) >= 11 is 0. The van der Waals surface area contributed by atoms with Crippen LogP contribution in [0, 0.1) is 13.8 Å². The van der Waals surface area contributed by atoms with Gasteiger partial charge in [-0.25, -0.2) is 9.59 Å². The van der Waals surface area contributed by atoms with Crippen LogP contribution in [-0.4, -0.2) is 35.9 Å². The number of ketones is 1.